The molecule has 0 heterocycles. The molecule has 0 spiro atoms. The second kappa shape index (κ2) is 5.00. The van der Waals surface area contributed by atoms with Gasteiger partial charge < -0.3 is 0 Å². The zero-order chi connectivity index (χ0) is 8.15. The second-order valence-electron chi connectivity index (χ2n) is 3.32. The fourth-order valence-corrected chi connectivity index (χ4v) is 1.43. The summed E-state index contributed by atoms with van der Waals surface area (Å²) in [7, 11) is 0. The molecule has 0 aliphatic heterocycles. The van der Waals surface area contributed by atoms with Crippen molar-refractivity contribution in [1.29, 1.82) is 0 Å². The average molecular weight is 164 g/mol. The predicted molar refractivity (Wildman–Crippen MR) is 47.0 cm³/mol. The zero-order valence-electron chi connectivity index (χ0n) is 7.23. The maximum absolute atomic E-state index is 12.8. The Morgan fingerprint density at radius 3 is 2.00 bits per heavy atom. The Kier molecular flexibility index (Phi) is 5.14. The van der Waals surface area contributed by atoms with Crippen LogP contribution in [0.3, 0.4) is 0 Å². The number of halogens is 1. The van der Waals surface area contributed by atoms with Gasteiger partial charge >= 0.3 is 0 Å². The molecule has 0 aromatic rings. The van der Waals surface area contributed by atoms with Crippen molar-refractivity contribution in [1.82, 2.24) is 0 Å². The van der Waals surface area contributed by atoms with Crippen molar-refractivity contribution in [2.75, 3.05) is 5.75 Å². The van der Waals surface area contributed by atoms with E-state index in [4.69, 9.17) is 0 Å². The summed E-state index contributed by atoms with van der Waals surface area (Å²) in [6.07, 6.45) is 0. The summed E-state index contributed by atoms with van der Waals surface area (Å²) in [5.41, 5.74) is -0.678. The normalized spacial score (nSPS) is 14.7. The first kappa shape index (κ1) is 10.3. The standard InChI is InChI=1S/C8H17FS/c1-6(2)5-10-8(9)7(3)4/h6-8H,5H2,1-4H3. The van der Waals surface area contributed by atoms with E-state index in [2.05, 4.69) is 13.8 Å². The van der Waals surface area contributed by atoms with Crippen molar-refractivity contribution >= 4 is 11.8 Å². The van der Waals surface area contributed by atoms with E-state index in [0.29, 0.717) is 5.92 Å². The van der Waals surface area contributed by atoms with Gasteiger partial charge in [0.25, 0.3) is 0 Å². The molecule has 62 valence electrons. The molecule has 0 aliphatic carbocycles. The minimum Gasteiger partial charge on any atom is -0.235 e. The zero-order valence-corrected chi connectivity index (χ0v) is 8.04. The van der Waals surface area contributed by atoms with Crippen LogP contribution < -0.4 is 0 Å². The Morgan fingerprint density at radius 1 is 1.20 bits per heavy atom. The van der Waals surface area contributed by atoms with Crippen LogP contribution in [0.15, 0.2) is 0 Å². The highest BCUT2D eigenvalue weighted by Gasteiger charge is 2.11. The molecule has 0 aliphatic rings. The van der Waals surface area contributed by atoms with Crippen LogP contribution in [0.25, 0.3) is 0 Å². The first-order valence-corrected chi connectivity index (χ1v) is 4.84. The van der Waals surface area contributed by atoms with E-state index in [9.17, 15) is 4.39 Å². The van der Waals surface area contributed by atoms with E-state index < -0.39 is 5.50 Å². The molecule has 1 unspecified atom stereocenters. The lowest BCUT2D eigenvalue weighted by Crippen LogP contribution is -2.06. The molecule has 0 bridgehead atoms. The Balaban J connectivity index is 3.30. The number of hydrogen-bond acceptors (Lipinski definition) is 1. The second-order valence-corrected chi connectivity index (χ2v) is 4.44. The molecule has 0 aromatic heterocycles. The third-order valence-corrected chi connectivity index (χ3v) is 2.83. The molecule has 0 N–H and O–H groups in total. The Morgan fingerprint density at radius 2 is 1.70 bits per heavy atom. The van der Waals surface area contributed by atoms with Gasteiger partial charge in [-0.05, 0) is 17.6 Å². The van der Waals surface area contributed by atoms with Crippen molar-refractivity contribution in [3.05, 3.63) is 0 Å². The third-order valence-electron chi connectivity index (χ3n) is 1.11. The molecule has 2 heteroatoms. The summed E-state index contributed by atoms with van der Waals surface area (Å²) >= 11 is 1.43. The maximum Gasteiger partial charge on any atom is 0.148 e. The lowest BCUT2D eigenvalue weighted by molar-refractivity contribution is 0.362. The van der Waals surface area contributed by atoms with E-state index in [1.54, 1.807) is 0 Å². The number of hydrogen-bond donors (Lipinski definition) is 0. The van der Waals surface area contributed by atoms with Crippen molar-refractivity contribution in [3.63, 3.8) is 0 Å². The van der Waals surface area contributed by atoms with Gasteiger partial charge in [0.2, 0.25) is 0 Å². The molecule has 0 fully saturated rings. The highest BCUT2D eigenvalue weighted by molar-refractivity contribution is 7.99. The molecular weight excluding hydrogens is 147 g/mol. The van der Waals surface area contributed by atoms with Crippen molar-refractivity contribution in [2.24, 2.45) is 11.8 Å². The highest BCUT2D eigenvalue weighted by Crippen LogP contribution is 2.22. The molecule has 0 saturated heterocycles. The lowest BCUT2D eigenvalue weighted by atomic mass is 10.2. The topological polar surface area (TPSA) is 0 Å². The molecule has 0 rings (SSSR count). The van der Waals surface area contributed by atoms with Gasteiger partial charge in [-0.2, -0.15) is 0 Å². The van der Waals surface area contributed by atoms with E-state index in [0.717, 1.165) is 5.75 Å². The summed E-state index contributed by atoms with van der Waals surface area (Å²) < 4.78 is 12.8. The van der Waals surface area contributed by atoms with E-state index in [-0.39, 0.29) is 5.92 Å². The van der Waals surface area contributed by atoms with E-state index in [1.165, 1.54) is 11.8 Å². The fourth-order valence-electron chi connectivity index (χ4n) is 0.477. The molecule has 0 nitrogen and oxygen atoms in total. The first-order chi connectivity index (χ1) is 4.54. The minimum atomic E-state index is -0.678. The smallest absolute Gasteiger partial charge is 0.148 e. The van der Waals surface area contributed by atoms with Gasteiger partial charge in [-0.25, -0.2) is 4.39 Å². The van der Waals surface area contributed by atoms with Crippen molar-refractivity contribution in [3.8, 4) is 0 Å². The first-order valence-electron chi connectivity index (χ1n) is 3.79. The summed E-state index contributed by atoms with van der Waals surface area (Å²) in [6, 6.07) is 0. The van der Waals surface area contributed by atoms with Gasteiger partial charge in [0.05, 0.1) is 0 Å². The molecule has 10 heavy (non-hydrogen) atoms. The van der Waals surface area contributed by atoms with Crippen LogP contribution in [0.2, 0.25) is 0 Å². The summed E-state index contributed by atoms with van der Waals surface area (Å²) in [4.78, 5) is 0. The fraction of sp³-hybridized carbons (Fsp3) is 1.00. The largest absolute Gasteiger partial charge is 0.235 e. The number of thioether (sulfide) groups is 1. The molecule has 0 radical (unpaired) electrons. The van der Waals surface area contributed by atoms with Gasteiger partial charge in [0, 0.05) is 0 Å². The predicted octanol–water partition coefficient (Wildman–Crippen LogP) is 3.33. The summed E-state index contributed by atoms with van der Waals surface area (Å²) in [6.45, 7) is 8.05. The minimum absolute atomic E-state index is 0.156. The van der Waals surface area contributed by atoms with Crippen LogP contribution in [0.4, 0.5) is 4.39 Å². The monoisotopic (exact) mass is 164 g/mol. The molecule has 0 aromatic carbocycles. The van der Waals surface area contributed by atoms with Crippen LogP contribution in [-0.2, 0) is 0 Å². The van der Waals surface area contributed by atoms with Crippen LogP contribution in [0.5, 0.6) is 0 Å². The van der Waals surface area contributed by atoms with Gasteiger partial charge in [-0.3, -0.25) is 0 Å². The van der Waals surface area contributed by atoms with Gasteiger partial charge in [-0.1, -0.05) is 27.7 Å². The van der Waals surface area contributed by atoms with Crippen LogP contribution >= 0.6 is 11.8 Å². The van der Waals surface area contributed by atoms with Crippen molar-refractivity contribution < 1.29 is 4.39 Å². The molecule has 0 saturated carbocycles. The Hall–Kier alpha value is 0.280. The van der Waals surface area contributed by atoms with Gasteiger partial charge in [0.15, 0.2) is 0 Å². The number of rotatable bonds is 4. The van der Waals surface area contributed by atoms with Crippen LogP contribution in [0.1, 0.15) is 27.7 Å². The summed E-state index contributed by atoms with van der Waals surface area (Å²) in [5, 5.41) is 0. The van der Waals surface area contributed by atoms with Gasteiger partial charge in [-0.15, -0.1) is 11.8 Å². The molecule has 1 atom stereocenters. The van der Waals surface area contributed by atoms with Crippen LogP contribution in [-0.4, -0.2) is 11.3 Å². The molecule has 0 amide bonds. The Labute approximate surface area is 67.6 Å². The lowest BCUT2D eigenvalue weighted by Gasteiger charge is -2.12. The SMILES string of the molecule is CC(C)CSC(F)C(C)C. The summed E-state index contributed by atoms with van der Waals surface area (Å²) in [5.74, 6) is 1.69. The Bertz CT molecular complexity index is 81.3. The van der Waals surface area contributed by atoms with Gasteiger partial charge in [0.1, 0.15) is 5.50 Å². The quantitative estimate of drug-likeness (QED) is 0.614. The maximum atomic E-state index is 12.8. The highest BCUT2D eigenvalue weighted by atomic mass is 32.2. The van der Waals surface area contributed by atoms with Crippen LogP contribution in [0, 0.1) is 11.8 Å². The van der Waals surface area contributed by atoms with E-state index in [1.807, 2.05) is 13.8 Å². The molecular formula is C8H17FS. The van der Waals surface area contributed by atoms with E-state index >= 15 is 0 Å². The average Bonchev–Trinajstić information content (AvgIpc) is 1.82. The third kappa shape index (κ3) is 5.10. The van der Waals surface area contributed by atoms with Crippen molar-refractivity contribution in [2.45, 2.75) is 33.2 Å². The number of alkyl halides is 1.